The first-order valence-electron chi connectivity index (χ1n) is 9.97. The van der Waals surface area contributed by atoms with Gasteiger partial charge in [0.15, 0.2) is 11.0 Å². The highest BCUT2D eigenvalue weighted by atomic mass is 32.1. The van der Waals surface area contributed by atoms with E-state index in [9.17, 15) is 13.6 Å². The van der Waals surface area contributed by atoms with E-state index < -0.39 is 12.0 Å². The fourth-order valence-corrected chi connectivity index (χ4v) is 4.44. The van der Waals surface area contributed by atoms with Crippen LogP contribution in [0.5, 0.6) is 0 Å². The summed E-state index contributed by atoms with van der Waals surface area (Å²) in [6, 6.07) is 5.84. The molecule has 3 aromatic rings. The van der Waals surface area contributed by atoms with Gasteiger partial charge in [0.1, 0.15) is 6.61 Å². The minimum Gasteiger partial charge on any atom is -0.370 e. The summed E-state index contributed by atoms with van der Waals surface area (Å²) in [4.78, 5) is 25.0. The number of fused-ring (bicyclic) bond motifs is 1. The fourth-order valence-electron chi connectivity index (χ4n) is 3.53. The SMILES string of the molecule is O=C(Nc1nc2ccc(-c3cnc(COC4CCC(F)(F)C4)nc3)cc2s1)C1CC1. The van der Waals surface area contributed by atoms with Crippen LogP contribution in [0.3, 0.4) is 0 Å². The zero-order valence-electron chi connectivity index (χ0n) is 16.1. The molecule has 6 nitrogen and oxygen atoms in total. The van der Waals surface area contributed by atoms with Gasteiger partial charge in [-0.1, -0.05) is 17.4 Å². The number of alkyl halides is 2. The summed E-state index contributed by atoms with van der Waals surface area (Å²) in [5, 5.41) is 3.50. The monoisotopic (exact) mass is 430 g/mol. The first-order valence-corrected chi connectivity index (χ1v) is 10.8. The summed E-state index contributed by atoms with van der Waals surface area (Å²) in [5.74, 6) is -1.97. The van der Waals surface area contributed by atoms with E-state index in [0.717, 1.165) is 34.2 Å². The Morgan fingerprint density at radius 2 is 2.00 bits per heavy atom. The number of amides is 1. The number of carbonyl (C=O) groups excluding carboxylic acids is 1. The number of halogens is 2. The number of nitrogens with zero attached hydrogens (tertiary/aromatic N) is 3. The van der Waals surface area contributed by atoms with Crippen molar-refractivity contribution >= 4 is 32.6 Å². The predicted octanol–water partition coefficient (Wildman–Crippen LogP) is 4.81. The molecule has 9 heteroatoms. The lowest BCUT2D eigenvalue weighted by atomic mass is 10.1. The van der Waals surface area contributed by atoms with E-state index in [1.165, 1.54) is 11.3 Å². The zero-order chi connectivity index (χ0) is 20.7. The predicted molar refractivity (Wildman–Crippen MR) is 109 cm³/mol. The molecule has 2 aliphatic carbocycles. The quantitative estimate of drug-likeness (QED) is 0.608. The van der Waals surface area contributed by atoms with Crippen LogP contribution in [-0.2, 0) is 16.1 Å². The molecule has 1 atom stereocenters. The van der Waals surface area contributed by atoms with Crippen LogP contribution in [0.1, 0.15) is 37.9 Å². The molecule has 1 unspecified atom stereocenters. The molecule has 5 rings (SSSR count). The Morgan fingerprint density at radius 1 is 1.20 bits per heavy atom. The van der Waals surface area contributed by atoms with Gasteiger partial charge in [-0.3, -0.25) is 4.79 Å². The van der Waals surface area contributed by atoms with Crippen molar-refractivity contribution in [2.75, 3.05) is 5.32 Å². The van der Waals surface area contributed by atoms with Crippen molar-refractivity contribution in [2.24, 2.45) is 5.92 Å². The Kier molecular flexibility index (Phi) is 4.94. The number of aromatic nitrogens is 3. The van der Waals surface area contributed by atoms with Gasteiger partial charge in [-0.05, 0) is 37.0 Å². The summed E-state index contributed by atoms with van der Waals surface area (Å²) in [5.41, 5.74) is 2.60. The number of rotatable bonds is 6. The second-order valence-electron chi connectivity index (χ2n) is 7.88. The van der Waals surface area contributed by atoms with E-state index in [1.54, 1.807) is 12.4 Å². The van der Waals surface area contributed by atoms with Gasteiger partial charge in [-0.15, -0.1) is 0 Å². The Morgan fingerprint density at radius 3 is 2.70 bits per heavy atom. The molecule has 2 saturated carbocycles. The molecule has 2 heterocycles. The molecule has 0 bridgehead atoms. The third kappa shape index (κ3) is 4.32. The molecule has 1 N–H and O–H groups in total. The van der Waals surface area contributed by atoms with E-state index in [-0.39, 0.29) is 31.3 Å². The second kappa shape index (κ2) is 7.63. The fraction of sp³-hybridized carbons (Fsp3) is 0.429. The van der Waals surface area contributed by atoms with E-state index in [0.29, 0.717) is 17.4 Å². The lowest BCUT2D eigenvalue weighted by Gasteiger charge is -2.11. The summed E-state index contributed by atoms with van der Waals surface area (Å²) in [6.45, 7) is 0.124. The van der Waals surface area contributed by atoms with Crippen LogP contribution >= 0.6 is 11.3 Å². The highest BCUT2D eigenvalue weighted by Crippen LogP contribution is 2.37. The van der Waals surface area contributed by atoms with Crippen molar-refractivity contribution in [3.05, 3.63) is 36.4 Å². The van der Waals surface area contributed by atoms with Gasteiger partial charge in [-0.25, -0.2) is 23.7 Å². The van der Waals surface area contributed by atoms with Crippen molar-refractivity contribution in [1.82, 2.24) is 15.0 Å². The van der Waals surface area contributed by atoms with Crippen LogP contribution in [0.15, 0.2) is 30.6 Å². The maximum Gasteiger partial charge on any atom is 0.250 e. The lowest BCUT2D eigenvalue weighted by Crippen LogP contribution is -2.15. The van der Waals surface area contributed by atoms with Gasteiger partial charge in [0.25, 0.3) is 5.92 Å². The van der Waals surface area contributed by atoms with Gasteiger partial charge >= 0.3 is 0 Å². The first-order chi connectivity index (χ1) is 14.4. The Hall–Kier alpha value is -2.52. The van der Waals surface area contributed by atoms with Crippen LogP contribution in [0.2, 0.25) is 0 Å². The highest BCUT2D eigenvalue weighted by Gasteiger charge is 2.40. The number of nitrogens with one attached hydrogen (secondary N) is 1. The van der Waals surface area contributed by atoms with Gasteiger partial charge in [0, 0.05) is 36.7 Å². The Bertz CT molecular complexity index is 1080. The lowest BCUT2D eigenvalue weighted by molar-refractivity contribution is -0.117. The van der Waals surface area contributed by atoms with Crippen LogP contribution in [0, 0.1) is 5.92 Å². The van der Waals surface area contributed by atoms with Crippen molar-refractivity contribution in [3.63, 3.8) is 0 Å². The van der Waals surface area contributed by atoms with Crippen molar-refractivity contribution in [1.29, 1.82) is 0 Å². The zero-order valence-corrected chi connectivity index (χ0v) is 16.9. The van der Waals surface area contributed by atoms with Crippen molar-refractivity contribution < 1.29 is 18.3 Å². The number of benzene rings is 1. The minimum atomic E-state index is -2.62. The van der Waals surface area contributed by atoms with Crippen LogP contribution in [0.4, 0.5) is 13.9 Å². The maximum atomic E-state index is 13.2. The van der Waals surface area contributed by atoms with Crippen LogP contribution in [-0.4, -0.2) is 32.9 Å². The van der Waals surface area contributed by atoms with Gasteiger partial charge in [0.2, 0.25) is 5.91 Å². The molecule has 1 amide bonds. The van der Waals surface area contributed by atoms with Crippen LogP contribution in [0.25, 0.3) is 21.3 Å². The summed E-state index contributed by atoms with van der Waals surface area (Å²) >= 11 is 1.44. The van der Waals surface area contributed by atoms with E-state index in [2.05, 4.69) is 20.3 Å². The topological polar surface area (TPSA) is 77.0 Å². The molecule has 0 saturated heterocycles. The number of hydrogen-bond donors (Lipinski definition) is 1. The number of ether oxygens (including phenoxy) is 1. The number of hydrogen-bond acceptors (Lipinski definition) is 6. The van der Waals surface area contributed by atoms with Gasteiger partial charge in [0.05, 0.1) is 16.3 Å². The van der Waals surface area contributed by atoms with Crippen molar-refractivity contribution in [2.45, 2.75) is 50.7 Å². The standard InChI is InChI=1S/C21H20F2N4O2S/c22-21(23)6-5-15(8-21)29-11-18-24-9-14(10-25-18)13-3-4-16-17(7-13)30-20(26-16)27-19(28)12-1-2-12/h3-4,7,9-10,12,15H,1-2,5-6,8,11H2,(H,26,27,28). The molecular formula is C21H20F2N4O2S. The van der Waals surface area contributed by atoms with E-state index >= 15 is 0 Å². The normalized spacial score (nSPS) is 20.5. The average molecular weight is 430 g/mol. The molecule has 2 aromatic heterocycles. The number of carbonyl (C=O) groups is 1. The summed E-state index contributed by atoms with van der Waals surface area (Å²) in [6.07, 6.45) is 4.88. The minimum absolute atomic E-state index is 0.0433. The Labute approximate surface area is 175 Å². The molecule has 2 fully saturated rings. The van der Waals surface area contributed by atoms with Crippen LogP contribution < -0.4 is 5.32 Å². The average Bonchev–Trinajstić information content (AvgIpc) is 3.42. The summed E-state index contributed by atoms with van der Waals surface area (Å²) in [7, 11) is 0. The highest BCUT2D eigenvalue weighted by molar-refractivity contribution is 7.22. The molecular weight excluding hydrogens is 410 g/mol. The molecule has 0 radical (unpaired) electrons. The van der Waals surface area contributed by atoms with Gasteiger partial charge in [-0.2, -0.15) is 0 Å². The van der Waals surface area contributed by atoms with Crippen molar-refractivity contribution in [3.8, 4) is 11.1 Å². The smallest absolute Gasteiger partial charge is 0.250 e. The number of thiazole rings is 1. The molecule has 0 spiro atoms. The van der Waals surface area contributed by atoms with E-state index in [1.807, 2.05) is 18.2 Å². The second-order valence-corrected chi connectivity index (χ2v) is 8.92. The third-order valence-electron chi connectivity index (χ3n) is 5.41. The van der Waals surface area contributed by atoms with Gasteiger partial charge < -0.3 is 10.1 Å². The molecule has 2 aliphatic rings. The summed E-state index contributed by atoms with van der Waals surface area (Å²) < 4.78 is 33.0. The first kappa shape index (κ1) is 19.4. The molecule has 156 valence electrons. The number of anilines is 1. The molecule has 0 aliphatic heterocycles. The molecule has 1 aromatic carbocycles. The largest absolute Gasteiger partial charge is 0.370 e. The molecule has 30 heavy (non-hydrogen) atoms. The Balaban J connectivity index is 1.25. The van der Waals surface area contributed by atoms with E-state index in [4.69, 9.17) is 4.74 Å². The maximum absolute atomic E-state index is 13.2. The third-order valence-corrected chi connectivity index (χ3v) is 6.35.